The van der Waals surface area contributed by atoms with Crippen molar-refractivity contribution < 1.29 is 17.9 Å². The predicted octanol–water partition coefficient (Wildman–Crippen LogP) is -0.166. The molecule has 1 saturated carbocycles. The van der Waals surface area contributed by atoms with E-state index < -0.39 is 10.0 Å². The maximum atomic E-state index is 12.1. The van der Waals surface area contributed by atoms with E-state index in [0.29, 0.717) is 5.69 Å². The Balaban J connectivity index is 2.07. The van der Waals surface area contributed by atoms with Crippen molar-refractivity contribution in [2.24, 2.45) is 0 Å². The van der Waals surface area contributed by atoms with Gasteiger partial charge in [-0.2, -0.15) is 0 Å². The second kappa shape index (κ2) is 5.68. The lowest BCUT2D eigenvalue weighted by atomic mass is 10.3. The molecule has 7 nitrogen and oxygen atoms in total. The fourth-order valence-electron chi connectivity index (χ4n) is 1.65. The highest BCUT2D eigenvalue weighted by atomic mass is 32.2. The van der Waals surface area contributed by atoms with Crippen LogP contribution < -0.4 is 20.5 Å². The van der Waals surface area contributed by atoms with Crippen LogP contribution in [-0.4, -0.2) is 34.0 Å². The van der Waals surface area contributed by atoms with Crippen LogP contribution in [0.3, 0.4) is 0 Å². The Kier molecular flexibility index (Phi) is 4.15. The molecule has 1 amide bonds. The number of rotatable bonds is 6. The van der Waals surface area contributed by atoms with Crippen LogP contribution in [0.4, 0.5) is 5.69 Å². The topological polar surface area (TPSA) is 111 Å². The van der Waals surface area contributed by atoms with Gasteiger partial charge in [-0.1, -0.05) is 0 Å². The van der Waals surface area contributed by atoms with Crippen molar-refractivity contribution in [2.45, 2.75) is 23.8 Å². The minimum atomic E-state index is -3.82. The Morgan fingerprint density at radius 3 is 2.75 bits per heavy atom. The first kappa shape index (κ1) is 14.6. The molecule has 1 aromatic carbocycles. The summed E-state index contributed by atoms with van der Waals surface area (Å²) in [6, 6.07) is 4.41. The molecule has 1 aliphatic carbocycles. The average Bonchev–Trinajstić information content (AvgIpc) is 3.20. The number of nitrogens with one attached hydrogen (secondary N) is 2. The molecule has 0 bridgehead atoms. The number of carbonyl (C=O) groups is 1. The molecule has 1 aromatic rings. The molecule has 1 fully saturated rings. The van der Waals surface area contributed by atoms with Crippen LogP contribution in [0.5, 0.6) is 5.75 Å². The summed E-state index contributed by atoms with van der Waals surface area (Å²) < 4.78 is 31.5. The van der Waals surface area contributed by atoms with Crippen LogP contribution in [0, 0.1) is 0 Å². The van der Waals surface area contributed by atoms with Crippen LogP contribution in [0.1, 0.15) is 12.8 Å². The smallest absolute Gasteiger partial charge is 0.244 e. The van der Waals surface area contributed by atoms with Gasteiger partial charge in [0.25, 0.3) is 0 Å². The van der Waals surface area contributed by atoms with Gasteiger partial charge in [0.2, 0.25) is 15.9 Å². The monoisotopic (exact) mass is 299 g/mol. The van der Waals surface area contributed by atoms with E-state index in [4.69, 9.17) is 10.5 Å². The third-order valence-electron chi connectivity index (χ3n) is 2.84. The van der Waals surface area contributed by atoms with Gasteiger partial charge in [-0.3, -0.25) is 4.79 Å². The number of methoxy groups -OCH3 is 1. The van der Waals surface area contributed by atoms with Gasteiger partial charge in [0.05, 0.1) is 13.7 Å². The average molecular weight is 299 g/mol. The number of hydrogen-bond acceptors (Lipinski definition) is 5. The number of ether oxygens (including phenoxy) is 1. The molecule has 8 heteroatoms. The maximum absolute atomic E-state index is 12.1. The molecule has 0 aliphatic heterocycles. The summed E-state index contributed by atoms with van der Waals surface area (Å²) in [6.07, 6.45) is 1.90. The number of hydrogen-bond donors (Lipinski definition) is 3. The first-order valence-electron chi connectivity index (χ1n) is 6.15. The molecular formula is C12H17N3O4S. The largest absolute Gasteiger partial charge is 0.495 e. The zero-order valence-corrected chi connectivity index (χ0v) is 11.9. The Bertz CT molecular complexity index is 611. The molecule has 0 radical (unpaired) electrons. The predicted molar refractivity (Wildman–Crippen MR) is 73.8 cm³/mol. The summed E-state index contributed by atoms with van der Waals surface area (Å²) in [6.45, 7) is -0.299. The fourth-order valence-corrected chi connectivity index (χ4v) is 2.78. The van der Waals surface area contributed by atoms with Gasteiger partial charge in [0, 0.05) is 17.8 Å². The second-order valence-electron chi connectivity index (χ2n) is 4.58. The van der Waals surface area contributed by atoms with Crippen molar-refractivity contribution in [3.05, 3.63) is 18.2 Å². The van der Waals surface area contributed by atoms with Crippen LogP contribution in [-0.2, 0) is 14.8 Å². The van der Waals surface area contributed by atoms with Crippen LogP contribution in [0.15, 0.2) is 23.1 Å². The zero-order valence-electron chi connectivity index (χ0n) is 11.0. The molecule has 0 spiro atoms. The molecule has 4 N–H and O–H groups in total. The van der Waals surface area contributed by atoms with E-state index in [9.17, 15) is 13.2 Å². The van der Waals surface area contributed by atoms with Crippen molar-refractivity contribution in [3.63, 3.8) is 0 Å². The normalized spacial score (nSPS) is 14.8. The van der Waals surface area contributed by atoms with Crippen molar-refractivity contribution in [1.29, 1.82) is 0 Å². The number of sulfonamides is 1. The highest BCUT2D eigenvalue weighted by molar-refractivity contribution is 7.89. The molecule has 20 heavy (non-hydrogen) atoms. The standard InChI is InChI=1S/C12H17N3O4S/c1-19-10-6-8(13)2-5-11(10)20(17,18)14-7-12(16)15-9-3-4-9/h2,5-6,9,14H,3-4,7,13H2,1H3,(H,15,16). The third kappa shape index (κ3) is 3.61. The third-order valence-corrected chi connectivity index (χ3v) is 4.28. The van der Waals surface area contributed by atoms with Crippen molar-refractivity contribution in [1.82, 2.24) is 10.0 Å². The van der Waals surface area contributed by atoms with Gasteiger partial charge >= 0.3 is 0 Å². The SMILES string of the molecule is COc1cc(N)ccc1S(=O)(=O)NCC(=O)NC1CC1. The highest BCUT2D eigenvalue weighted by Gasteiger charge is 2.25. The minimum Gasteiger partial charge on any atom is -0.495 e. The summed E-state index contributed by atoms with van der Waals surface area (Å²) >= 11 is 0. The molecule has 1 aliphatic rings. The van der Waals surface area contributed by atoms with Crippen LogP contribution in [0.2, 0.25) is 0 Å². The molecule has 110 valence electrons. The summed E-state index contributed by atoms with van der Waals surface area (Å²) in [5.41, 5.74) is 5.97. The summed E-state index contributed by atoms with van der Waals surface area (Å²) in [7, 11) is -2.47. The quantitative estimate of drug-likeness (QED) is 0.632. The Labute approximate surface area is 117 Å². The lowest BCUT2D eigenvalue weighted by Gasteiger charge is -2.11. The van der Waals surface area contributed by atoms with E-state index in [0.717, 1.165) is 12.8 Å². The van der Waals surface area contributed by atoms with E-state index in [2.05, 4.69) is 10.0 Å². The Morgan fingerprint density at radius 2 is 2.15 bits per heavy atom. The molecule has 2 rings (SSSR count). The zero-order chi connectivity index (χ0) is 14.8. The van der Waals surface area contributed by atoms with Gasteiger partial charge in [-0.25, -0.2) is 13.1 Å². The van der Waals surface area contributed by atoms with Crippen LogP contribution in [0.25, 0.3) is 0 Å². The number of benzene rings is 1. The minimum absolute atomic E-state index is 0.0478. The molecule has 0 unspecified atom stereocenters. The highest BCUT2D eigenvalue weighted by Crippen LogP contribution is 2.25. The maximum Gasteiger partial charge on any atom is 0.244 e. The number of nitrogen functional groups attached to an aromatic ring is 1. The number of nitrogens with two attached hydrogens (primary N) is 1. The van der Waals surface area contributed by atoms with Gasteiger partial charge in [0.1, 0.15) is 10.6 Å². The van der Waals surface area contributed by atoms with Gasteiger partial charge in [-0.05, 0) is 25.0 Å². The second-order valence-corrected chi connectivity index (χ2v) is 6.31. The number of anilines is 1. The summed E-state index contributed by atoms with van der Waals surface area (Å²) in [5, 5.41) is 2.70. The van der Waals surface area contributed by atoms with Crippen molar-refractivity contribution in [2.75, 3.05) is 19.4 Å². The van der Waals surface area contributed by atoms with Crippen molar-refractivity contribution in [3.8, 4) is 5.75 Å². The molecule has 0 atom stereocenters. The van der Waals surface area contributed by atoms with Crippen molar-refractivity contribution >= 4 is 21.6 Å². The molecule has 0 aromatic heterocycles. The van der Waals surface area contributed by atoms with E-state index >= 15 is 0 Å². The number of amides is 1. The van der Waals surface area contributed by atoms with Gasteiger partial charge < -0.3 is 15.8 Å². The van der Waals surface area contributed by atoms with Crippen LogP contribution >= 0.6 is 0 Å². The van der Waals surface area contributed by atoms with E-state index in [1.54, 1.807) is 0 Å². The fraction of sp³-hybridized carbons (Fsp3) is 0.417. The van der Waals surface area contributed by atoms with E-state index in [-0.39, 0.29) is 29.1 Å². The lowest BCUT2D eigenvalue weighted by molar-refractivity contribution is -0.120. The molecular weight excluding hydrogens is 282 g/mol. The van der Waals surface area contributed by atoms with Gasteiger partial charge in [0.15, 0.2) is 0 Å². The lowest BCUT2D eigenvalue weighted by Crippen LogP contribution is -2.37. The number of carbonyl (C=O) groups excluding carboxylic acids is 1. The Hall–Kier alpha value is -1.80. The first-order chi connectivity index (χ1) is 9.42. The van der Waals surface area contributed by atoms with Gasteiger partial charge in [-0.15, -0.1) is 0 Å². The van der Waals surface area contributed by atoms with E-state index in [1.165, 1.54) is 25.3 Å². The Morgan fingerprint density at radius 1 is 1.45 bits per heavy atom. The summed E-state index contributed by atoms with van der Waals surface area (Å²) in [5.74, 6) is -0.203. The molecule has 0 saturated heterocycles. The molecule has 0 heterocycles. The van der Waals surface area contributed by atoms with E-state index in [1.807, 2.05) is 0 Å². The summed E-state index contributed by atoms with van der Waals surface area (Å²) in [4.78, 5) is 11.4. The first-order valence-corrected chi connectivity index (χ1v) is 7.63.